The Morgan fingerprint density at radius 3 is 2.73 bits per heavy atom. The first kappa shape index (κ1) is 8.36. The zero-order valence-electron chi connectivity index (χ0n) is 6.57. The lowest BCUT2D eigenvalue weighted by molar-refractivity contribution is -0.0550. The molecule has 0 saturated carbocycles. The van der Waals surface area contributed by atoms with E-state index in [0.29, 0.717) is 0 Å². The highest BCUT2D eigenvalue weighted by Gasteiger charge is 2.17. The van der Waals surface area contributed by atoms with Crippen LogP contribution in [0.5, 0.6) is 0 Å². The zero-order chi connectivity index (χ0) is 8.27. The van der Waals surface area contributed by atoms with Gasteiger partial charge in [-0.3, -0.25) is 0 Å². The van der Waals surface area contributed by atoms with Crippen molar-refractivity contribution >= 4 is 0 Å². The van der Waals surface area contributed by atoms with Gasteiger partial charge < -0.3 is 20.4 Å². The van der Waals surface area contributed by atoms with Crippen molar-refractivity contribution in [1.29, 1.82) is 0 Å². The van der Waals surface area contributed by atoms with E-state index in [1.807, 2.05) is 0 Å². The van der Waals surface area contributed by atoms with Crippen LogP contribution in [-0.2, 0) is 0 Å². The minimum atomic E-state index is -0.784. The molecule has 1 aliphatic rings. The lowest BCUT2D eigenvalue weighted by Crippen LogP contribution is -2.43. The first-order valence-electron chi connectivity index (χ1n) is 3.74. The molecule has 0 aromatic carbocycles. The largest absolute Gasteiger partial charge is 0.389 e. The Morgan fingerprint density at radius 2 is 2.27 bits per heavy atom. The van der Waals surface area contributed by atoms with Gasteiger partial charge in [-0.15, -0.1) is 0 Å². The quantitative estimate of drug-likeness (QED) is 0.485. The van der Waals surface area contributed by atoms with Crippen molar-refractivity contribution < 1.29 is 10.2 Å². The van der Waals surface area contributed by atoms with Gasteiger partial charge in [0.05, 0.1) is 6.10 Å². The third kappa shape index (κ3) is 2.10. The summed E-state index contributed by atoms with van der Waals surface area (Å²) in [6.45, 7) is 3.10. The summed E-state index contributed by atoms with van der Waals surface area (Å²) < 4.78 is 0. The maximum atomic E-state index is 9.35. The normalized spacial score (nSPS) is 22.6. The van der Waals surface area contributed by atoms with Gasteiger partial charge in [0.1, 0.15) is 0 Å². The number of aliphatic hydroxyl groups excluding tert-OH is 2. The van der Waals surface area contributed by atoms with E-state index >= 15 is 0 Å². The van der Waals surface area contributed by atoms with Gasteiger partial charge >= 0.3 is 0 Å². The second-order valence-corrected chi connectivity index (χ2v) is 2.66. The summed E-state index contributed by atoms with van der Waals surface area (Å²) in [4.78, 5) is 1.70. The Morgan fingerprint density at radius 1 is 1.55 bits per heavy atom. The minimum Gasteiger partial charge on any atom is -0.389 e. The zero-order valence-corrected chi connectivity index (χ0v) is 6.57. The van der Waals surface area contributed by atoms with E-state index in [0.717, 1.165) is 13.1 Å². The van der Waals surface area contributed by atoms with Crippen LogP contribution in [0.2, 0.25) is 0 Å². The fourth-order valence-corrected chi connectivity index (χ4v) is 0.998. The summed E-state index contributed by atoms with van der Waals surface area (Å²) in [5.74, 6) is 0. The number of nitrogens with one attached hydrogen (secondary N) is 1. The second-order valence-electron chi connectivity index (χ2n) is 2.66. The molecular weight excluding hydrogens is 144 g/mol. The lowest BCUT2D eigenvalue weighted by atomic mass is 10.3. The molecule has 0 radical (unpaired) electrons. The number of hydrogen-bond acceptors (Lipinski definition) is 4. The van der Waals surface area contributed by atoms with Gasteiger partial charge in [0, 0.05) is 25.5 Å². The Hall–Kier alpha value is -0.740. The first-order valence-corrected chi connectivity index (χ1v) is 3.74. The summed E-state index contributed by atoms with van der Waals surface area (Å²) in [6, 6.07) is 0. The number of rotatable bonds is 2. The highest BCUT2D eigenvalue weighted by atomic mass is 16.3. The number of nitrogens with zero attached hydrogens (tertiary/aromatic N) is 1. The maximum absolute atomic E-state index is 9.35. The highest BCUT2D eigenvalue weighted by molar-refractivity contribution is 4.88. The van der Waals surface area contributed by atoms with Crippen molar-refractivity contribution in [2.24, 2.45) is 0 Å². The van der Waals surface area contributed by atoms with Crippen molar-refractivity contribution in [3.8, 4) is 0 Å². The summed E-state index contributed by atoms with van der Waals surface area (Å²) in [7, 11) is 0. The predicted octanol–water partition coefficient (Wildman–Crippen LogP) is -0.938. The SMILES string of the molecule is C[C@H](O)C(O)N1C=CNCC1. The minimum absolute atomic E-state index is 0.710. The number of aliphatic hydroxyl groups is 2. The van der Waals surface area contributed by atoms with Gasteiger partial charge in [-0.05, 0) is 6.92 Å². The van der Waals surface area contributed by atoms with Gasteiger partial charge in [0.2, 0.25) is 0 Å². The number of hydrogen-bond donors (Lipinski definition) is 3. The van der Waals surface area contributed by atoms with Crippen LogP contribution in [0, 0.1) is 0 Å². The van der Waals surface area contributed by atoms with Crippen molar-refractivity contribution in [1.82, 2.24) is 10.2 Å². The molecule has 1 unspecified atom stereocenters. The van der Waals surface area contributed by atoms with Gasteiger partial charge in [0.15, 0.2) is 6.23 Å². The highest BCUT2D eigenvalue weighted by Crippen LogP contribution is 2.03. The van der Waals surface area contributed by atoms with E-state index in [4.69, 9.17) is 5.11 Å². The molecule has 1 heterocycles. The van der Waals surface area contributed by atoms with E-state index in [-0.39, 0.29) is 0 Å². The smallest absolute Gasteiger partial charge is 0.152 e. The van der Waals surface area contributed by atoms with Gasteiger partial charge in [-0.2, -0.15) is 0 Å². The summed E-state index contributed by atoms with van der Waals surface area (Å²) in [5.41, 5.74) is 0. The molecule has 0 bridgehead atoms. The molecule has 0 amide bonds. The summed E-state index contributed by atoms with van der Waals surface area (Å²) >= 11 is 0. The fraction of sp³-hybridized carbons (Fsp3) is 0.714. The van der Waals surface area contributed by atoms with E-state index in [2.05, 4.69) is 5.32 Å². The average molecular weight is 158 g/mol. The molecule has 64 valence electrons. The van der Waals surface area contributed by atoms with Crippen LogP contribution in [0.25, 0.3) is 0 Å². The van der Waals surface area contributed by atoms with Crippen LogP contribution in [0.15, 0.2) is 12.4 Å². The van der Waals surface area contributed by atoms with Crippen LogP contribution in [0.1, 0.15) is 6.92 Å². The molecule has 0 aliphatic carbocycles. The Labute approximate surface area is 66.1 Å². The molecule has 3 N–H and O–H groups in total. The van der Waals surface area contributed by atoms with Crippen LogP contribution in [0.4, 0.5) is 0 Å². The van der Waals surface area contributed by atoms with E-state index < -0.39 is 12.3 Å². The molecule has 0 saturated heterocycles. The molecule has 0 aromatic rings. The topological polar surface area (TPSA) is 55.7 Å². The molecule has 1 aliphatic heterocycles. The van der Waals surface area contributed by atoms with Gasteiger partial charge in [-0.1, -0.05) is 0 Å². The predicted molar refractivity (Wildman–Crippen MR) is 41.5 cm³/mol. The Balaban J connectivity index is 2.45. The molecular formula is C7H14N2O2. The summed E-state index contributed by atoms with van der Waals surface area (Å²) in [6.07, 6.45) is 2.00. The molecule has 2 atom stereocenters. The Kier molecular flexibility index (Phi) is 2.73. The van der Waals surface area contributed by atoms with Gasteiger partial charge in [0.25, 0.3) is 0 Å². The molecule has 4 nitrogen and oxygen atoms in total. The molecule has 0 spiro atoms. The van der Waals surface area contributed by atoms with Crippen molar-refractivity contribution in [2.75, 3.05) is 13.1 Å². The van der Waals surface area contributed by atoms with Crippen molar-refractivity contribution in [3.05, 3.63) is 12.4 Å². The standard InChI is InChI=1S/C7H14N2O2/c1-6(10)7(11)9-4-2-8-3-5-9/h2,4,6-8,10-11H,3,5H2,1H3/t6-,7?/m0/s1. The molecule has 0 aromatic heterocycles. The first-order chi connectivity index (χ1) is 5.22. The van der Waals surface area contributed by atoms with E-state index in [9.17, 15) is 5.11 Å². The Bertz CT molecular complexity index is 147. The third-order valence-electron chi connectivity index (χ3n) is 1.67. The van der Waals surface area contributed by atoms with Crippen LogP contribution < -0.4 is 5.32 Å². The van der Waals surface area contributed by atoms with Crippen molar-refractivity contribution in [3.63, 3.8) is 0 Å². The summed E-state index contributed by atoms with van der Waals surface area (Å²) in [5, 5.41) is 21.4. The van der Waals surface area contributed by atoms with Crippen molar-refractivity contribution in [2.45, 2.75) is 19.3 Å². The average Bonchev–Trinajstić information content (AvgIpc) is 2.05. The van der Waals surface area contributed by atoms with Gasteiger partial charge in [-0.25, -0.2) is 0 Å². The monoisotopic (exact) mass is 158 g/mol. The van der Waals surface area contributed by atoms with Crippen LogP contribution >= 0.6 is 0 Å². The molecule has 0 fully saturated rings. The molecule has 4 heteroatoms. The lowest BCUT2D eigenvalue weighted by Gasteiger charge is -2.30. The fourth-order valence-electron chi connectivity index (χ4n) is 0.998. The molecule has 1 rings (SSSR count). The maximum Gasteiger partial charge on any atom is 0.152 e. The third-order valence-corrected chi connectivity index (χ3v) is 1.67. The van der Waals surface area contributed by atoms with Crippen LogP contribution in [-0.4, -0.2) is 40.5 Å². The van der Waals surface area contributed by atoms with Crippen LogP contribution in [0.3, 0.4) is 0 Å². The van der Waals surface area contributed by atoms with E-state index in [1.54, 1.807) is 24.2 Å². The van der Waals surface area contributed by atoms with E-state index in [1.165, 1.54) is 0 Å². The second kappa shape index (κ2) is 3.59. The molecule has 11 heavy (non-hydrogen) atoms.